The molecule has 6 aromatic rings. The van der Waals surface area contributed by atoms with Gasteiger partial charge in [0.05, 0.1) is 35.6 Å². The van der Waals surface area contributed by atoms with Gasteiger partial charge < -0.3 is 9.13 Å². The normalized spacial score (nSPS) is 11.4. The quantitative estimate of drug-likeness (QED) is 0.159. The minimum atomic E-state index is -4.91. The zero-order valence-corrected chi connectivity index (χ0v) is 27.9. The summed E-state index contributed by atoms with van der Waals surface area (Å²) in [5, 5.41) is 9.12. The summed E-state index contributed by atoms with van der Waals surface area (Å²) in [6.45, 7) is 1.44. The van der Waals surface area contributed by atoms with Crippen LogP contribution in [-0.2, 0) is 25.4 Å². The average molecular weight is 752 g/mol. The topological polar surface area (TPSA) is 67.8 Å². The Morgan fingerprint density at radius 1 is 0.611 bits per heavy atom. The van der Waals surface area contributed by atoms with E-state index in [1.54, 1.807) is 42.5 Å². The van der Waals surface area contributed by atoms with Crippen molar-refractivity contribution in [2.24, 2.45) is 0 Å². The molecule has 14 heteroatoms. The van der Waals surface area contributed by atoms with Crippen LogP contribution in [-0.4, -0.2) is 9.13 Å². The number of pyridine rings is 2. The highest BCUT2D eigenvalue weighted by molar-refractivity contribution is 5.63. The highest BCUT2D eigenvalue weighted by Gasteiger charge is 2.37. The van der Waals surface area contributed by atoms with Crippen molar-refractivity contribution in [3.63, 3.8) is 0 Å². The van der Waals surface area contributed by atoms with Crippen molar-refractivity contribution in [2.45, 2.75) is 32.4 Å². The van der Waals surface area contributed by atoms with Crippen molar-refractivity contribution in [1.29, 1.82) is 5.26 Å². The first-order chi connectivity index (χ1) is 25.5. The monoisotopic (exact) mass is 751 g/mol. The molecule has 0 bridgehead atoms. The standard InChI is InChI=1S/C20H11F5N2O.C20H15F4NO/c21-16-7-6-12(8-17(16)22)11-27-18(13-4-2-1-3-5-13)9-15(20(23,24)25)14(10-26)19(27)28;1-13-4-2-6-15(8-13)18-10-16(20(22,23)24)11-19(26)25(18)12-14-5-3-7-17(21)9-14/h1-9H,11H2;2-11H,12H2,1H3. The number of nitriles is 1. The molecular formula is C40H26F9N3O2. The van der Waals surface area contributed by atoms with Crippen LogP contribution in [0.4, 0.5) is 39.5 Å². The summed E-state index contributed by atoms with van der Waals surface area (Å²) >= 11 is 0. The Bertz CT molecular complexity index is 2480. The maximum absolute atomic E-state index is 13.5. The van der Waals surface area contributed by atoms with E-state index in [0.717, 1.165) is 34.4 Å². The summed E-state index contributed by atoms with van der Waals surface area (Å²) in [4.78, 5) is 25.1. The van der Waals surface area contributed by atoms with E-state index in [-0.39, 0.29) is 30.0 Å². The summed E-state index contributed by atoms with van der Waals surface area (Å²) in [6, 6.07) is 26.8. The largest absolute Gasteiger partial charge is 0.417 e. The molecular weight excluding hydrogens is 725 g/mol. The SMILES string of the molecule is Cc1cccc(-c2cc(C(F)(F)F)cc(=O)n2Cc2cccc(F)c2)c1.N#Cc1c(C(F)(F)F)cc(-c2ccccc2)n(Cc2ccc(F)c(F)c2)c1=O. The summed E-state index contributed by atoms with van der Waals surface area (Å²) in [6.07, 6.45) is -9.54. The number of aromatic nitrogens is 2. The lowest BCUT2D eigenvalue weighted by molar-refractivity contribution is -0.138. The average Bonchev–Trinajstić information content (AvgIpc) is 3.11. The molecule has 5 nitrogen and oxygen atoms in total. The second-order valence-electron chi connectivity index (χ2n) is 12.0. The Labute approximate surface area is 301 Å². The molecule has 0 aliphatic carbocycles. The van der Waals surface area contributed by atoms with Crippen LogP contribution in [0.25, 0.3) is 22.5 Å². The fourth-order valence-corrected chi connectivity index (χ4v) is 5.59. The number of nitrogens with zero attached hydrogens (tertiary/aromatic N) is 3. The van der Waals surface area contributed by atoms with E-state index in [1.165, 1.54) is 47.0 Å². The molecule has 0 unspecified atom stereocenters. The van der Waals surface area contributed by atoms with Crippen LogP contribution in [0, 0.1) is 35.7 Å². The lowest BCUT2D eigenvalue weighted by Crippen LogP contribution is -2.28. The summed E-state index contributed by atoms with van der Waals surface area (Å²) < 4.78 is 122. The number of hydrogen-bond acceptors (Lipinski definition) is 3. The van der Waals surface area contributed by atoms with Gasteiger partial charge in [0.2, 0.25) is 0 Å². The van der Waals surface area contributed by atoms with E-state index in [0.29, 0.717) is 22.8 Å². The van der Waals surface area contributed by atoms with Gasteiger partial charge in [-0.3, -0.25) is 9.59 Å². The van der Waals surface area contributed by atoms with Crippen LogP contribution in [0.2, 0.25) is 0 Å². The van der Waals surface area contributed by atoms with E-state index in [9.17, 15) is 49.1 Å². The zero-order valence-electron chi connectivity index (χ0n) is 27.9. The Balaban J connectivity index is 0.000000208. The lowest BCUT2D eigenvalue weighted by atomic mass is 10.0. The maximum Gasteiger partial charge on any atom is 0.417 e. The minimum absolute atomic E-state index is 0.0298. The molecule has 276 valence electrons. The van der Waals surface area contributed by atoms with Gasteiger partial charge in [-0.25, -0.2) is 13.2 Å². The zero-order chi connectivity index (χ0) is 39.4. The first kappa shape index (κ1) is 38.9. The molecule has 0 spiro atoms. The van der Waals surface area contributed by atoms with Crippen molar-refractivity contribution in [2.75, 3.05) is 0 Å². The summed E-state index contributed by atoms with van der Waals surface area (Å²) in [5.74, 6) is -2.72. The first-order valence-electron chi connectivity index (χ1n) is 15.8. The second-order valence-corrected chi connectivity index (χ2v) is 12.0. The Morgan fingerprint density at radius 3 is 1.85 bits per heavy atom. The number of benzene rings is 4. The number of rotatable bonds is 6. The van der Waals surface area contributed by atoms with Crippen molar-refractivity contribution in [1.82, 2.24) is 9.13 Å². The number of hydrogen-bond donors (Lipinski definition) is 0. The number of alkyl halides is 6. The molecule has 0 aliphatic rings. The number of aryl methyl sites for hydroxylation is 1. The van der Waals surface area contributed by atoms with Gasteiger partial charge in [0, 0.05) is 6.07 Å². The van der Waals surface area contributed by atoms with Crippen LogP contribution >= 0.6 is 0 Å². The molecule has 2 heterocycles. The third kappa shape index (κ3) is 8.98. The number of halogens is 9. The molecule has 2 aromatic heterocycles. The molecule has 0 atom stereocenters. The summed E-state index contributed by atoms with van der Waals surface area (Å²) in [5.41, 5.74) is -3.04. The van der Waals surface area contributed by atoms with Crippen LogP contribution in [0.5, 0.6) is 0 Å². The fourth-order valence-electron chi connectivity index (χ4n) is 5.59. The predicted octanol–water partition coefficient (Wildman–Crippen LogP) is 9.76. The Hall–Kier alpha value is -6.36. The van der Waals surface area contributed by atoms with Gasteiger partial charge in [-0.15, -0.1) is 0 Å². The van der Waals surface area contributed by atoms with Crippen LogP contribution < -0.4 is 11.1 Å². The van der Waals surface area contributed by atoms with Gasteiger partial charge >= 0.3 is 12.4 Å². The predicted molar refractivity (Wildman–Crippen MR) is 183 cm³/mol. The summed E-state index contributed by atoms with van der Waals surface area (Å²) in [7, 11) is 0. The van der Waals surface area contributed by atoms with Crippen molar-refractivity contribution in [3.8, 4) is 28.6 Å². The van der Waals surface area contributed by atoms with E-state index >= 15 is 0 Å². The van der Waals surface area contributed by atoms with Gasteiger partial charge in [-0.1, -0.05) is 72.3 Å². The highest BCUT2D eigenvalue weighted by atomic mass is 19.4. The fraction of sp³-hybridized carbons (Fsp3) is 0.125. The molecule has 6 rings (SSSR count). The van der Waals surface area contributed by atoms with Gasteiger partial charge in [-0.05, 0) is 71.6 Å². The molecule has 0 aliphatic heterocycles. The van der Waals surface area contributed by atoms with Crippen LogP contribution in [0.3, 0.4) is 0 Å². The Morgan fingerprint density at radius 2 is 1.24 bits per heavy atom. The third-order valence-electron chi connectivity index (χ3n) is 8.11. The second kappa shape index (κ2) is 15.7. The van der Waals surface area contributed by atoms with E-state index < -0.39 is 57.6 Å². The molecule has 0 saturated heterocycles. The van der Waals surface area contributed by atoms with E-state index in [2.05, 4.69) is 0 Å². The molecule has 0 saturated carbocycles. The van der Waals surface area contributed by atoms with Gasteiger partial charge in [0.1, 0.15) is 17.4 Å². The third-order valence-corrected chi connectivity index (χ3v) is 8.11. The molecule has 0 amide bonds. The van der Waals surface area contributed by atoms with E-state index in [4.69, 9.17) is 5.26 Å². The maximum atomic E-state index is 13.5. The van der Waals surface area contributed by atoms with Crippen molar-refractivity contribution >= 4 is 0 Å². The van der Waals surface area contributed by atoms with Crippen molar-refractivity contribution in [3.05, 3.63) is 187 Å². The van der Waals surface area contributed by atoms with E-state index in [1.807, 2.05) is 13.0 Å². The molecule has 54 heavy (non-hydrogen) atoms. The molecule has 4 aromatic carbocycles. The van der Waals surface area contributed by atoms with Gasteiger partial charge in [0.15, 0.2) is 11.6 Å². The van der Waals surface area contributed by atoms with Crippen molar-refractivity contribution < 1.29 is 39.5 Å². The van der Waals surface area contributed by atoms with Crippen LogP contribution in [0.1, 0.15) is 33.4 Å². The first-order valence-corrected chi connectivity index (χ1v) is 15.8. The minimum Gasteiger partial charge on any atom is -0.304 e. The molecule has 0 radical (unpaired) electrons. The smallest absolute Gasteiger partial charge is 0.304 e. The van der Waals surface area contributed by atoms with Gasteiger partial charge in [0.25, 0.3) is 11.1 Å². The molecule has 0 N–H and O–H groups in total. The molecule has 0 fully saturated rings. The highest BCUT2D eigenvalue weighted by Crippen LogP contribution is 2.34. The van der Waals surface area contributed by atoms with Gasteiger partial charge in [-0.2, -0.15) is 31.6 Å². The lowest BCUT2D eigenvalue weighted by Gasteiger charge is -2.17. The van der Waals surface area contributed by atoms with Crippen LogP contribution in [0.15, 0.2) is 125 Å². The Kier molecular flexibility index (Phi) is 11.3.